The molecule has 0 aliphatic heterocycles. The summed E-state index contributed by atoms with van der Waals surface area (Å²) in [5.74, 6) is 1.74. The van der Waals surface area contributed by atoms with Gasteiger partial charge in [-0.3, -0.25) is 4.98 Å². The van der Waals surface area contributed by atoms with Crippen molar-refractivity contribution in [3.63, 3.8) is 0 Å². The van der Waals surface area contributed by atoms with Crippen LogP contribution in [-0.2, 0) is 0 Å². The highest BCUT2D eigenvalue weighted by molar-refractivity contribution is 5.54. The summed E-state index contributed by atoms with van der Waals surface area (Å²) >= 11 is 0. The molecule has 0 radical (unpaired) electrons. The van der Waals surface area contributed by atoms with Crippen molar-refractivity contribution in [3.05, 3.63) is 18.5 Å². The molecule has 0 spiro atoms. The highest BCUT2D eigenvalue weighted by Gasteiger charge is 2.20. The van der Waals surface area contributed by atoms with Crippen molar-refractivity contribution >= 4 is 5.69 Å². The van der Waals surface area contributed by atoms with Gasteiger partial charge in [-0.15, -0.1) is 0 Å². The van der Waals surface area contributed by atoms with Crippen LogP contribution in [0.3, 0.4) is 0 Å². The van der Waals surface area contributed by atoms with E-state index in [0.29, 0.717) is 0 Å². The van der Waals surface area contributed by atoms with Gasteiger partial charge in [0.05, 0.1) is 19.0 Å². The lowest BCUT2D eigenvalue weighted by molar-refractivity contribution is 0.416. The van der Waals surface area contributed by atoms with Gasteiger partial charge >= 0.3 is 0 Å². The molecule has 1 heterocycles. The topological polar surface area (TPSA) is 34.1 Å². The number of aromatic nitrogens is 1. The summed E-state index contributed by atoms with van der Waals surface area (Å²) in [6, 6.07) is 1.87. The van der Waals surface area contributed by atoms with Crippen LogP contribution >= 0.6 is 0 Å². The standard InChI is InChI=1S/C10H14N2O/c1-13-10-4-5-11-7-9(10)12-6-8-2-3-8/h4-5,7-8,12H,2-3,6H2,1H3. The zero-order chi connectivity index (χ0) is 9.10. The van der Waals surface area contributed by atoms with Crippen LogP contribution in [0.25, 0.3) is 0 Å². The first-order valence-corrected chi connectivity index (χ1v) is 4.62. The smallest absolute Gasteiger partial charge is 0.145 e. The SMILES string of the molecule is COc1ccncc1NCC1CC1. The maximum absolute atomic E-state index is 5.20. The molecule has 70 valence electrons. The highest BCUT2D eigenvalue weighted by Crippen LogP contribution is 2.30. The molecule has 1 fully saturated rings. The maximum Gasteiger partial charge on any atom is 0.145 e. The molecule has 0 amide bonds. The molecule has 1 saturated carbocycles. The molecular formula is C10H14N2O. The molecule has 1 aromatic rings. The van der Waals surface area contributed by atoms with E-state index in [4.69, 9.17) is 4.74 Å². The number of nitrogens with one attached hydrogen (secondary N) is 1. The maximum atomic E-state index is 5.20. The fourth-order valence-electron chi connectivity index (χ4n) is 1.27. The van der Waals surface area contributed by atoms with Gasteiger partial charge in [-0.2, -0.15) is 0 Å². The predicted molar refractivity (Wildman–Crippen MR) is 52.0 cm³/mol. The third-order valence-corrected chi connectivity index (χ3v) is 2.28. The van der Waals surface area contributed by atoms with Crippen LogP contribution in [0, 0.1) is 5.92 Å². The van der Waals surface area contributed by atoms with Crippen molar-refractivity contribution in [1.82, 2.24) is 4.98 Å². The zero-order valence-corrected chi connectivity index (χ0v) is 7.79. The molecule has 1 N–H and O–H groups in total. The Morgan fingerprint density at radius 1 is 1.62 bits per heavy atom. The van der Waals surface area contributed by atoms with Gasteiger partial charge in [-0.1, -0.05) is 0 Å². The molecule has 0 aromatic carbocycles. The molecule has 1 aliphatic rings. The highest BCUT2D eigenvalue weighted by atomic mass is 16.5. The first kappa shape index (κ1) is 8.35. The predicted octanol–water partition coefficient (Wildman–Crippen LogP) is 1.91. The minimum atomic E-state index is 0.866. The van der Waals surface area contributed by atoms with E-state index >= 15 is 0 Å². The van der Waals surface area contributed by atoms with Gasteiger partial charge in [-0.05, 0) is 18.8 Å². The first-order valence-electron chi connectivity index (χ1n) is 4.62. The van der Waals surface area contributed by atoms with Gasteiger partial charge in [0.2, 0.25) is 0 Å². The number of methoxy groups -OCH3 is 1. The van der Waals surface area contributed by atoms with Crippen LogP contribution in [0.4, 0.5) is 5.69 Å². The van der Waals surface area contributed by atoms with Crippen LogP contribution in [0.15, 0.2) is 18.5 Å². The van der Waals surface area contributed by atoms with Gasteiger partial charge in [0.1, 0.15) is 5.75 Å². The van der Waals surface area contributed by atoms with Crippen LogP contribution in [0.5, 0.6) is 5.75 Å². The van der Waals surface area contributed by atoms with E-state index in [-0.39, 0.29) is 0 Å². The molecule has 1 aromatic heterocycles. The Morgan fingerprint density at radius 3 is 3.15 bits per heavy atom. The summed E-state index contributed by atoms with van der Waals surface area (Å²) in [5, 5.41) is 3.34. The van der Waals surface area contributed by atoms with Crippen molar-refractivity contribution in [2.24, 2.45) is 5.92 Å². The Bertz CT molecular complexity index is 284. The molecule has 2 rings (SSSR count). The second-order valence-electron chi connectivity index (χ2n) is 3.40. The van der Waals surface area contributed by atoms with E-state index in [0.717, 1.165) is 23.9 Å². The van der Waals surface area contributed by atoms with Gasteiger partial charge in [0, 0.05) is 18.8 Å². The summed E-state index contributed by atoms with van der Waals surface area (Å²) in [6.07, 6.45) is 6.26. The summed E-state index contributed by atoms with van der Waals surface area (Å²) in [4.78, 5) is 4.05. The Morgan fingerprint density at radius 2 is 2.46 bits per heavy atom. The van der Waals surface area contributed by atoms with Crippen LogP contribution < -0.4 is 10.1 Å². The summed E-state index contributed by atoms with van der Waals surface area (Å²) in [7, 11) is 1.68. The van der Waals surface area contributed by atoms with Crippen LogP contribution in [0.2, 0.25) is 0 Å². The van der Waals surface area contributed by atoms with Gasteiger partial charge in [-0.25, -0.2) is 0 Å². The average molecular weight is 178 g/mol. The lowest BCUT2D eigenvalue weighted by Gasteiger charge is -2.08. The molecule has 0 bridgehead atoms. The number of pyridine rings is 1. The largest absolute Gasteiger partial charge is 0.494 e. The van der Waals surface area contributed by atoms with Crippen molar-refractivity contribution < 1.29 is 4.74 Å². The number of hydrogen-bond donors (Lipinski definition) is 1. The zero-order valence-electron chi connectivity index (χ0n) is 7.79. The molecular weight excluding hydrogens is 164 g/mol. The van der Waals surface area contributed by atoms with E-state index in [1.807, 2.05) is 6.07 Å². The van der Waals surface area contributed by atoms with E-state index < -0.39 is 0 Å². The van der Waals surface area contributed by atoms with Gasteiger partial charge < -0.3 is 10.1 Å². The normalized spacial score (nSPS) is 15.5. The number of rotatable bonds is 4. The fraction of sp³-hybridized carbons (Fsp3) is 0.500. The quantitative estimate of drug-likeness (QED) is 0.764. The van der Waals surface area contributed by atoms with Crippen molar-refractivity contribution in [3.8, 4) is 5.75 Å². The van der Waals surface area contributed by atoms with E-state index in [2.05, 4.69) is 10.3 Å². The Balaban J connectivity index is 1.99. The Hall–Kier alpha value is -1.25. The van der Waals surface area contributed by atoms with E-state index in [1.54, 1.807) is 19.5 Å². The summed E-state index contributed by atoms with van der Waals surface area (Å²) in [5.41, 5.74) is 0.997. The number of hydrogen-bond acceptors (Lipinski definition) is 3. The first-order chi connectivity index (χ1) is 6.40. The van der Waals surface area contributed by atoms with Gasteiger partial charge in [0.25, 0.3) is 0 Å². The van der Waals surface area contributed by atoms with E-state index in [1.165, 1.54) is 12.8 Å². The van der Waals surface area contributed by atoms with Crippen molar-refractivity contribution in [1.29, 1.82) is 0 Å². The molecule has 0 unspecified atom stereocenters. The molecule has 1 aliphatic carbocycles. The van der Waals surface area contributed by atoms with Crippen molar-refractivity contribution in [2.75, 3.05) is 19.0 Å². The lowest BCUT2D eigenvalue weighted by Crippen LogP contribution is -2.04. The second kappa shape index (κ2) is 3.64. The van der Waals surface area contributed by atoms with Crippen LogP contribution in [0.1, 0.15) is 12.8 Å². The minimum absolute atomic E-state index is 0.866. The summed E-state index contributed by atoms with van der Waals surface area (Å²) < 4.78 is 5.20. The summed E-state index contributed by atoms with van der Waals surface area (Å²) in [6.45, 7) is 1.04. The van der Waals surface area contributed by atoms with Crippen LogP contribution in [-0.4, -0.2) is 18.6 Å². The number of ether oxygens (including phenoxy) is 1. The Kier molecular flexibility index (Phi) is 2.34. The second-order valence-corrected chi connectivity index (χ2v) is 3.40. The molecule has 3 nitrogen and oxygen atoms in total. The molecule has 3 heteroatoms. The Labute approximate surface area is 78.1 Å². The third-order valence-electron chi connectivity index (χ3n) is 2.28. The number of nitrogens with zero attached hydrogens (tertiary/aromatic N) is 1. The van der Waals surface area contributed by atoms with Gasteiger partial charge in [0.15, 0.2) is 0 Å². The third kappa shape index (κ3) is 2.11. The molecule has 0 atom stereocenters. The molecule has 13 heavy (non-hydrogen) atoms. The fourth-order valence-corrected chi connectivity index (χ4v) is 1.27. The van der Waals surface area contributed by atoms with Crippen molar-refractivity contribution in [2.45, 2.75) is 12.8 Å². The minimum Gasteiger partial charge on any atom is -0.494 e. The monoisotopic (exact) mass is 178 g/mol. The number of anilines is 1. The van der Waals surface area contributed by atoms with E-state index in [9.17, 15) is 0 Å². The average Bonchev–Trinajstić information content (AvgIpc) is 2.99. The molecule has 0 saturated heterocycles. The lowest BCUT2D eigenvalue weighted by atomic mass is 10.3.